The predicted molar refractivity (Wildman–Crippen MR) is 70.8 cm³/mol. The molecule has 1 unspecified atom stereocenters. The molecule has 18 heavy (non-hydrogen) atoms. The highest BCUT2D eigenvalue weighted by molar-refractivity contribution is 5.78. The first-order valence-electron chi connectivity index (χ1n) is 5.91. The van der Waals surface area contributed by atoms with Gasteiger partial charge in [0.25, 0.3) is 0 Å². The van der Waals surface area contributed by atoms with Gasteiger partial charge in [-0.1, -0.05) is 18.2 Å². The summed E-state index contributed by atoms with van der Waals surface area (Å²) in [5.74, 6) is -0.372. The molecule has 98 valence electrons. The number of halogens is 1. The summed E-state index contributed by atoms with van der Waals surface area (Å²) >= 11 is 0. The zero-order chi connectivity index (χ0) is 13.5. The molecule has 0 spiro atoms. The van der Waals surface area contributed by atoms with Gasteiger partial charge in [0.1, 0.15) is 5.82 Å². The molecule has 0 heterocycles. The molecule has 0 aliphatic heterocycles. The number of carbonyl (C=O) groups is 1. The molecule has 0 aliphatic carbocycles. The SMILES string of the molecule is C=CCNCC(=O)NC(C)c1ccc(C)c(F)c1. The van der Waals surface area contributed by atoms with Crippen LogP contribution in [0.5, 0.6) is 0 Å². The highest BCUT2D eigenvalue weighted by Crippen LogP contribution is 2.15. The number of amides is 1. The van der Waals surface area contributed by atoms with Gasteiger partial charge in [-0.25, -0.2) is 4.39 Å². The van der Waals surface area contributed by atoms with E-state index < -0.39 is 0 Å². The van der Waals surface area contributed by atoms with E-state index in [-0.39, 0.29) is 24.3 Å². The fraction of sp³-hybridized carbons (Fsp3) is 0.357. The van der Waals surface area contributed by atoms with Crippen LogP contribution in [0, 0.1) is 12.7 Å². The van der Waals surface area contributed by atoms with Crippen LogP contribution in [0.25, 0.3) is 0 Å². The van der Waals surface area contributed by atoms with Gasteiger partial charge in [-0.05, 0) is 31.0 Å². The van der Waals surface area contributed by atoms with Crippen molar-refractivity contribution in [1.29, 1.82) is 0 Å². The molecule has 4 heteroatoms. The Morgan fingerprint density at radius 3 is 2.89 bits per heavy atom. The molecule has 1 rings (SSSR count). The van der Waals surface area contributed by atoms with Crippen molar-refractivity contribution in [2.24, 2.45) is 0 Å². The fourth-order valence-corrected chi connectivity index (χ4v) is 1.54. The Morgan fingerprint density at radius 2 is 2.28 bits per heavy atom. The van der Waals surface area contributed by atoms with Crippen LogP contribution < -0.4 is 10.6 Å². The van der Waals surface area contributed by atoms with Crippen LogP contribution >= 0.6 is 0 Å². The van der Waals surface area contributed by atoms with Crippen LogP contribution in [-0.2, 0) is 4.79 Å². The monoisotopic (exact) mass is 250 g/mol. The second-order valence-corrected chi connectivity index (χ2v) is 4.22. The van der Waals surface area contributed by atoms with E-state index in [2.05, 4.69) is 17.2 Å². The second kappa shape index (κ2) is 6.91. The van der Waals surface area contributed by atoms with E-state index in [0.29, 0.717) is 12.1 Å². The quantitative estimate of drug-likeness (QED) is 0.599. The first-order valence-corrected chi connectivity index (χ1v) is 5.91. The number of hydrogen-bond acceptors (Lipinski definition) is 2. The molecule has 0 fully saturated rings. The van der Waals surface area contributed by atoms with Crippen molar-refractivity contribution < 1.29 is 9.18 Å². The Morgan fingerprint density at radius 1 is 1.56 bits per heavy atom. The van der Waals surface area contributed by atoms with E-state index in [1.54, 1.807) is 19.1 Å². The Kier molecular flexibility index (Phi) is 5.52. The van der Waals surface area contributed by atoms with Crippen LogP contribution in [0.15, 0.2) is 30.9 Å². The van der Waals surface area contributed by atoms with Gasteiger partial charge in [0.2, 0.25) is 5.91 Å². The third kappa shape index (κ3) is 4.30. The van der Waals surface area contributed by atoms with Crippen LogP contribution in [0.1, 0.15) is 24.1 Å². The number of carbonyl (C=O) groups excluding carboxylic acids is 1. The summed E-state index contributed by atoms with van der Waals surface area (Å²) in [6, 6.07) is 4.78. The molecule has 3 nitrogen and oxygen atoms in total. The molecule has 1 aromatic rings. The topological polar surface area (TPSA) is 41.1 Å². The lowest BCUT2D eigenvalue weighted by Gasteiger charge is -2.15. The van der Waals surface area contributed by atoms with Crippen molar-refractivity contribution in [2.45, 2.75) is 19.9 Å². The minimum atomic E-state index is -0.251. The summed E-state index contributed by atoms with van der Waals surface area (Å²) < 4.78 is 13.4. The molecule has 0 saturated carbocycles. The number of hydrogen-bond donors (Lipinski definition) is 2. The van der Waals surface area contributed by atoms with Crippen molar-refractivity contribution in [1.82, 2.24) is 10.6 Å². The average molecular weight is 250 g/mol. The minimum absolute atomic E-state index is 0.120. The fourth-order valence-electron chi connectivity index (χ4n) is 1.54. The summed E-state index contributed by atoms with van der Waals surface area (Å²) in [4.78, 5) is 11.6. The van der Waals surface area contributed by atoms with E-state index in [9.17, 15) is 9.18 Å². The van der Waals surface area contributed by atoms with E-state index in [0.717, 1.165) is 5.56 Å². The van der Waals surface area contributed by atoms with Gasteiger partial charge in [-0.15, -0.1) is 6.58 Å². The minimum Gasteiger partial charge on any atom is -0.348 e. The molecule has 0 aliphatic rings. The van der Waals surface area contributed by atoms with Crippen LogP contribution in [0.2, 0.25) is 0 Å². The molecule has 0 aromatic heterocycles. The van der Waals surface area contributed by atoms with E-state index >= 15 is 0 Å². The van der Waals surface area contributed by atoms with Crippen molar-refractivity contribution >= 4 is 5.91 Å². The van der Waals surface area contributed by atoms with Crippen LogP contribution in [-0.4, -0.2) is 19.0 Å². The molecule has 0 saturated heterocycles. The largest absolute Gasteiger partial charge is 0.348 e. The summed E-state index contributed by atoms with van der Waals surface area (Å²) in [7, 11) is 0. The Labute approximate surface area is 107 Å². The van der Waals surface area contributed by atoms with Crippen molar-refractivity contribution in [3.05, 3.63) is 47.8 Å². The smallest absolute Gasteiger partial charge is 0.234 e. The second-order valence-electron chi connectivity index (χ2n) is 4.22. The summed E-state index contributed by atoms with van der Waals surface area (Å²) in [6.45, 7) is 7.90. The summed E-state index contributed by atoms with van der Waals surface area (Å²) in [5, 5.41) is 5.71. The van der Waals surface area contributed by atoms with Gasteiger partial charge in [0.05, 0.1) is 12.6 Å². The number of aryl methyl sites for hydroxylation is 1. The molecule has 0 bridgehead atoms. The third-order valence-electron chi connectivity index (χ3n) is 2.65. The third-order valence-corrected chi connectivity index (χ3v) is 2.65. The highest BCUT2D eigenvalue weighted by Gasteiger charge is 2.10. The molecular weight excluding hydrogens is 231 g/mol. The van der Waals surface area contributed by atoms with Gasteiger partial charge in [-0.3, -0.25) is 4.79 Å². The Hall–Kier alpha value is -1.68. The summed E-state index contributed by atoms with van der Waals surface area (Å²) in [5.41, 5.74) is 1.36. The average Bonchev–Trinajstić information content (AvgIpc) is 2.33. The zero-order valence-electron chi connectivity index (χ0n) is 10.8. The van der Waals surface area contributed by atoms with E-state index in [4.69, 9.17) is 0 Å². The lowest BCUT2D eigenvalue weighted by atomic mass is 10.1. The molecule has 0 radical (unpaired) electrons. The number of nitrogens with one attached hydrogen (secondary N) is 2. The molecule has 2 N–H and O–H groups in total. The van der Waals surface area contributed by atoms with Gasteiger partial charge >= 0.3 is 0 Å². The lowest BCUT2D eigenvalue weighted by Crippen LogP contribution is -2.35. The lowest BCUT2D eigenvalue weighted by molar-refractivity contribution is -0.120. The number of rotatable bonds is 6. The van der Waals surface area contributed by atoms with Crippen molar-refractivity contribution in [2.75, 3.05) is 13.1 Å². The maximum absolute atomic E-state index is 13.4. The van der Waals surface area contributed by atoms with Gasteiger partial charge in [0, 0.05) is 6.54 Å². The van der Waals surface area contributed by atoms with Gasteiger partial charge < -0.3 is 10.6 Å². The summed E-state index contributed by atoms with van der Waals surface area (Å²) in [6.07, 6.45) is 1.69. The Balaban J connectivity index is 2.53. The number of benzene rings is 1. The van der Waals surface area contributed by atoms with E-state index in [1.165, 1.54) is 6.07 Å². The standard InChI is InChI=1S/C14H19FN2O/c1-4-7-16-9-14(18)17-11(3)12-6-5-10(2)13(15)8-12/h4-6,8,11,16H,1,7,9H2,2-3H3,(H,17,18). The first-order chi connectivity index (χ1) is 8.54. The van der Waals surface area contributed by atoms with Crippen LogP contribution in [0.3, 0.4) is 0 Å². The van der Waals surface area contributed by atoms with Crippen molar-refractivity contribution in [3.63, 3.8) is 0 Å². The van der Waals surface area contributed by atoms with E-state index in [1.807, 2.05) is 13.0 Å². The molecular formula is C14H19FN2O. The van der Waals surface area contributed by atoms with Crippen LogP contribution in [0.4, 0.5) is 4.39 Å². The molecule has 1 atom stereocenters. The van der Waals surface area contributed by atoms with Gasteiger partial charge in [0.15, 0.2) is 0 Å². The normalized spacial score (nSPS) is 11.9. The maximum atomic E-state index is 13.4. The maximum Gasteiger partial charge on any atom is 0.234 e. The highest BCUT2D eigenvalue weighted by atomic mass is 19.1. The van der Waals surface area contributed by atoms with Crippen molar-refractivity contribution in [3.8, 4) is 0 Å². The van der Waals surface area contributed by atoms with Gasteiger partial charge in [-0.2, -0.15) is 0 Å². The predicted octanol–water partition coefficient (Wildman–Crippen LogP) is 2.09. The first kappa shape index (κ1) is 14.4. The zero-order valence-corrected chi connectivity index (χ0v) is 10.8. The molecule has 1 amide bonds. The Bertz CT molecular complexity index is 432. The molecule has 1 aromatic carbocycles.